The molecule has 0 aliphatic carbocycles. The Morgan fingerprint density at radius 3 is 2.32 bits per heavy atom. The highest BCUT2D eigenvalue weighted by atomic mass is 32.2. The number of benzene rings is 2. The molecule has 0 radical (unpaired) electrons. The molecular weight excluding hydrogens is 262 g/mol. The molecule has 96 valence electrons. The Balaban J connectivity index is 2.21. The van der Waals surface area contributed by atoms with Crippen molar-refractivity contribution in [1.29, 1.82) is 5.26 Å². The molecule has 0 amide bonds. The molecule has 0 N–H and O–H groups in total. The summed E-state index contributed by atoms with van der Waals surface area (Å²) in [4.78, 5) is 0. The predicted octanol–water partition coefficient (Wildman–Crippen LogP) is 2.47. The van der Waals surface area contributed by atoms with E-state index in [0.717, 1.165) is 0 Å². The molecule has 2 aromatic rings. The Labute approximate surface area is 112 Å². The van der Waals surface area contributed by atoms with Gasteiger partial charge in [0.2, 0.25) is 0 Å². The Morgan fingerprint density at radius 1 is 1.00 bits per heavy atom. The maximum absolute atomic E-state index is 11.9. The molecule has 0 heterocycles. The summed E-state index contributed by atoms with van der Waals surface area (Å²) in [5, 5.41) is 8.92. The molecule has 0 saturated carbocycles. The molecule has 0 aromatic heterocycles. The van der Waals surface area contributed by atoms with E-state index in [-0.39, 0.29) is 11.5 Å². The molecule has 0 aliphatic rings. The highest BCUT2D eigenvalue weighted by molar-refractivity contribution is 7.86. The molecule has 4 nitrogen and oxygen atoms in total. The Hall–Kier alpha value is -2.32. The van der Waals surface area contributed by atoms with Crippen LogP contribution in [0.2, 0.25) is 0 Å². The average molecular weight is 273 g/mol. The number of rotatable bonds is 4. The third kappa shape index (κ3) is 3.57. The van der Waals surface area contributed by atoms with Crippen LogP contribution in [0.5, 0.6) is 5.75 Å². The van der Waals surface area contributed by atoms with E-state index in [4.69, 9.17) is 9.44 Å². The summed E-state index contributed by atoms with van der Waals surface area (Å²) in [5.74, 6) is -0.0667. The summed E-state index contributed by atoms with van der Waals surface area (Å²) in [6.07, 6.45) is 0. The van der Waals surface area contributed by atoms with Gasteiger partial charge in [-0.2, -0.15) is 13.7 Å². The second kappa shape index (κ2) is 5.55. The topological polar surface area (TPSA) is 67.2 Å². The van der Waals surface area contributed by atoms with Gasteiger partial charge < -0.3 is 4.18 Å². The minimum Gasteiger partial charge on any atom is -0.382 e. The summed E-state index contributed by atoms with van der Waals surface area (Å²) in [7, 11) is -3.77. The van der Waals surface area contributed by atoms with Crippen LogP contribution in [0.3, 0.4) is 0 Å². The first kappa shape index (κ1) is 13.1. The van der Waals surface area contributed by atoms with Crippen molar-refractivity contribution in [1.82, 2.24) is 0 Å². The van der Waals surface area contributed by atoms with Crippen LogP contribution in [0, 0.1) is 11.3 Å². The zero-order chi connectivity index (χ0) is 13.7. The van der Waals surface area contributed by atoms with Gasteiger partial charge in [0.05, 0.1) is 11.6 Å². The van der Waals surface area contributed by atoms with Gasteiger partial charge in [-0.1, -0.05) is 36.4 Å². The molecule has 0 spiro atoms. The van der Waals surface area contributed by atoms with E-state index in [1.165, 1.54) is 0 Å². The first-order valence-electron chi connectivity index (χ1n) is 5.56. The monoisotopic (exact) mass is 273 g/mol. The van der Waals surface area contributed by atoms with Gasteiger partial charge in [0, 0.05) is 0 Å². The fourth-order valence-corrected chi connectivity index (χ4v) is 2.69. The zero-order valence-electron chi connectivity index (χ0n) is 9.98. The van der Waals surface area contributed by atoms with Crippen LogP contribution >= 0.6 is 0 Å². The van der Waals surface area contributed by atoms with Gasteiger partial charge in [-0.15, -0.1) is 0 Å². The Bertz CT molecular complexity index is 703. The van der Waals surface area contributed by atoms with Gasteiger partial charge in [0.15, 0.2) is 0 Å². The van der Waals surface area contributed by atoms with E-state index >= 15 is 0 Å². The zero-order valence-corrected chi connectivity index (χ0v) is 10.8. The van der Waals surface area contributed by atoms with Crippen molar-refractivity contribution >= 4 is 10.1 Å². The van der Waals surface area contributed by atoms with E-state index in [2.05, 4.69) is 0 Å². The molecule has 0 aliphatic heterocycles. The van der Waals surface area contributed by atoms with Gasteiger partial charge >= 0.3 is 10.1 Å². The van der Waals surface area contributed by atoms with Crippen LogP contribution in [0.25, 0.3) is 0 Å². The summed E-state index contributed by atoms with van der Waals surface area (Å²) >= 11 is 0. The second-order valence-electron chi connectivity index (χ2n) is 3.87. The number of hydrogen-bond donors (Lipinski definition) is 0. The van der Waals surface area contributed by atoms with Crippen LogP contribution in [-0.2, 0) is 15.9 Å². The lowest BCUT2D eigenvalue weighted by Gasteiger charge is -2.07. The molecule has 2 aromatic carbocycles. The van der Waals surface area contributed by atoms with E-state index in [0.29, 0.717) is 11.1 Å². The van der Waals surface area contributed by atoms with Crippen molar-refractivity contribution in [2.75, 3.05) is 0 Å². The van der Waals surface area contributed by atoms with Gasteiger partial charge in [-0.05, 0) is 23.8 Å². The minimum absolute atomic E-state index is 0.261. The summed E-state index contributed by atoms with van der Waals surface area (Å²) in [6, 6.07) is 16.8. The molecule has 2 rings (SSSR count). The molecule has 0 bridgehead atoms. The largest absolute Gasteiger partial charge is 0.382 e. The third-order valence-corrected chi connectivity index (χ3v) is 3.55. The van der Waals surface area contributed by atoms with Gasteiger partial charge in [-0.3, -0.25) is 0 Å². The standard InChI is InChI=1S/C14H11NO3S/c15-10-12-6-4-5-7-13(12)11-19(16,17)18-14-8-2-1-3-9-14/h1-9H,11H2. The van der Waals surface area contributed by atoms with E-state index < -0.39 is 10.1 Å². The normalized spacial score (nSPS) is 10.7. The third-order valence-electron chi connectivity index (χ3n) is 2.44. The van der Waals surface area contributed by atoms with Crippen molar-refractivity contribution in [2.24, 2.45) is 0 Å². The lowest BCUT2D eigenvalue weighted by Crippen LogP contribution is -2.12. The van der Waals surface area contributed by atoms with Crippen molar-refractivity contribution in [3.05, 3.63) is 65.7 Å². The van der Waals surface area contributed by atoms with Gasteiger partial charge in [-0.25, -0.2) is 0 Å². The highest BCUT2D eigenvalue weighted by Crippen LogP contribution is 2.16. The summed E-state index contributed by atoms with van der Waals surface area (Å²) in [6.45, 7) is 0. The minimum atomic E-state index is -3.77. The fourth-order valence-electron chi connectivity index (χ4n) is 1.60. The molecule has 0 atom stereocenters. The first-order valence-corrected chi connectivity index (χ1v) is 7.14. The first-order chi connectivity index (χ1) is 9.11. The predicted molar refractivity (Wildman–Crippen MR) is 70.9 cm³/mol. The number of hydrogen-bond acceptors (Lipinski definition) is 4. The second-order valence-corrected chi connectivity index (χ2v) is 5.44. The van der Waals surface area contributed by atoms with Crippen molar-refractivity contribution in [2.45, 2.75) is 5.75 Å². The smallest absolute Gasteiger partial charge is 0.313 e. The van der Waals surface area contributed by atoms with Crippen molar-refractivity contribution < 1.29 is 12.6 Å². The fraction of sp³-hybridized carbons (Fsp3) is 0.0714. The highest BCUT2D eigenvalue weighted by Gasteiger charge is 2.16. The van der Waals surface area contributed by atoms with Crippen molar-refractivity contribution in [3.63, 3.8) is 0 Å². The van der Waals surface area contributed by atoms with E-state index in [9.17, 15) is 8.42 Å². The number of nitrogens with zero attached hydrogens (tertiary/aromatic N) is 1. The van der Waals surface area contributed by atoms with E-state index in [1.54, 1.807) is 54.6 Å². The van der Waals surface area contributed by atoms with Crippen LogP contribution < -0.4 is 4.18 Å². The number of nitriles is 1. The van der Waals surface area contributed by atoms with Crippen LogP contribution in [0.4, 0.5) is 0 Å². The maximum atomic E-state index is 11.9. The quantitative estimate of drug-likeness (QED) is 0.802. The van der Waals surface area contributed by atoms with Crippen LogP contribution in [0.1, 0.15) is 11.1 Å². The summed E-state index contributed by atoms with van der Waals surface area (Å²) < 4.78 is 28.8. The van der Waals surface area contributed by atoms with E-state index in [1.807, 2.05) is 6.07 Å². The lowest BCUT2D eigenvalue weighted by molar-refractivity contribution is 0.485. The SMILES string of the molecule is N#Cc1ccccc1CS(=O)(=O)Oc1ccccc1. The van der Waals surface area contributed by atoms with Gasteiger partial charge in [0.1, 0.15) is 11.5 Å². The summed E-state index contributed by atoms with van der Waals surface area (Å²) in [5.41, 5.74) is 0.767. The molecule has 0 saturated heterocycles. The lowest BCUT2D eigenvalue weighted by atomic mass is 10.1. The number of para-hydroxylation sites is 1. The van der Waals surface area contributed by atoms with Crippen molar-refractivity contribution in [3.8, 4) is 11.8 Å². The molecule has 0 unspecified atom stereocenters. The van der Waals surface area contributed by atoms with Crippen LogP contribution in [0.15, 0.2) is 54.6 Å². The molecular formula is C14H11NO3S. The average Bonchev–Trinajstić information content (AvgIpc) is 2.39. The van der Waals surface area contributed by atoms with Gasteiger partial charge in [0.25, 0.3) is 0 Å². The Morgan fingerprint density at radius 2 is 1.63 bits per heavy atom. The maximum Gasteiger partial charge on any atom is 0.313 e. The molecule has 19 heavy (non-hydrogen) atoms. The molecule has 5 heteroatoms. The Kier molecular flexibility index (Phi) is 3.83. The molecule has 0 fully saturated rings. The van der Waals surface area contributed by atoms with Crippen LogP contribution in [-0.4, -0.2) is 8.42 Å².